The van der Waals surface area contributed by atoms with Crippen LogP contribution in [0.3, 0.4) is 0 Å². The fourth-order valence-corrected chi connectivity index (χ4v) is 4.26. The number of piperidine rings is 2. The third-order valence-corrected chi connectivity index (χ3v) is 5.46. The summed E-state index contributed by atoms with van der Waals surface area (Å²) in [4.78, 5) is 23.7. The number of imide groups is 1. The van der Waals surface area contributed by atoms with E-state index in [9.17, 15) is 9.59 Å². The van der Waals surface area contributed by atoms with Gasteiger partial charge in [-0.2, -0.15) is 0 Å². The topological polar surface area (TPSA) is 63.1 Å². The van der Waals surface area contributed by atoms with Crippen LogP contribution < -0.4 is 10.6 Å². The maximum absolute atomic E-state index is 12.3. The fourth-order valence-electron chi connectivity index (χ4n) is 4.26. The lowest BCUT2D eigenvalue weighted by atomic mass is 9.86. The third kappa shape index (κ3) is 2.53. The monoisotopic (exact) mass is 325 g/mol. The summed E-state index contributed by atoms with van der Waals surface area (Å²) in [6.45, 7) is 2.12. The zero-order valence-electron chi connectivity index (χ0n) is 14.0. The van der Waals surface area contributed by atoms with Gasteiger partial charge in [-0.3, -0.25) is 14.9 Å². The molecule has 5 heteroatoms. The molecular weight excluding hydrogens is 302 g/mol. The molecule has 0 radical (unpaired) electrons. The second-order valence-electron chi connectivity index (χ2n) is 6.97. The van der Waals surface area contributed by atoms with Crippen LogP contribution in [0.15, 0.2) is 24.4 Å². The van der Waals surface area contributed by atoms with Gasteiger partial charge in [0.2, 0.25) is 11.8 Å². The van der Waals surface area contributed by atoms with Crippen LogP contribution in [0.2, 0.25) is 0 Å². The van der Waals surface area contributed by atoms with Crippen LogP contribution >= 0.6 is 0 Å². The number of hydrogen-bond acceptors (Lipinski definition) is 3. The number of hydrogen-bond donors (Lipinski definition) is 2. The number of nitrogens with zero attached hydrogens (tertiary/aromatic N) is 1. The summed E-state index contributed by atoms with van der Waals surface area (Å²) in [6, 6.07) is 6.45. The lowest BCUT2D eigenvalue weighted by molar-refractivity contribution is -0.134. The van der Waals surface area contributed by atoms with Crippen LogP contribution in [0, 0.1) is 0 Å². The van der Waals surface area contributed by atoms with Crippen LogP contribution in [0.5, 0.6) is 0 Å². The number of amides is 2. The zero-order chi connectivity index (χ0) is 16.7. The van der Waals surface area contributed by atoms with E-state index in [0.29, 0.717) is 18.8 Å². The maximum Gasteiger partial charge on any atom is 0.234 e. The van der Waals surface area contributed by atoms with E-state index in [1.807, 2.05) is 0 Å². The Morgan fingerprint density at radius 1 is 1.08 bits per heavy atom. The lowest BCUT2D eigenvalue weighted by Gasteiger charge is -2.24. The van der Waals surface area contributed by atoms with Crippen molar-refractivity contribution in [2.45, 2.75) is 37.5 Å². The van der Waals surface area contributed by atoms with Crippen molar-refractivity contribution >= 4 is 22.7 Å². The van der Waals surface area contributed by atoms with Gasteiger partial charge in [-0.25, -0.2) is 0 Å². The van der Waals surface area contributed by atoms with Crippen molar-refractivity contribution in [3.8, 4) is 0 Å². The van der Waals surface area contributed by atoms with Gasteiger partial charge in [0.25, 0.3) is 0 Å². The van der Waals surface area contributed by atoms with Gasteiger partial charge in [0.1, 0.15) is 0 Å². The maximum atomic E-state index is 12.3. The van der Waals surface area contributed by atoms with Crippen molar-refractivity contribution in [2.75, 3.05) is 13.1 Å². The largest absolute Gasteiger partial charge is 0.350 e. The summed E-state index contributed by atoms with van der Waals surface area (Å²) < 4.78 is 2.16. The Hall–Kier alpha value is -2.14. The smallest absolute Gasteiger partial charge is 0.234 e. The number of fused-ring (bicyclic) bond motifs is 1. The van der Waals surface area contributed by atoms with E-state index in [4.69, 9.17) is 0 Å². The number of rotatable bonds is 2. The molecule has 2 aliphatic heterocycles. The second kappa shape index (κ2) is 6.06. The number of carbonyl (C=O) groups is 2. The van der Waals surface area contributed by atoms with Crippen LogP contribution in [-0.4, -0.2) is 29.5 Å². The van der Waals surface area contributed by atoms with Crippen molar-refractivity contribution < 1.29 is 9.59 Å². The molecule has 3 heterocycles. The highest BCUT2D eigenvalue weighted by molar-refractivity contribution is 6.03. The van der Waals surface area contributed by atoms with Gasteiger partial charge in [0, 0.05) is 25.1 Å². The summed E-state index contributed by atoms with van der Waals surface area (Å²) in [5.41, 5.74) is 3.67. The second-order valence-corrected chi connectivity index (χ2v) is 6.97. The predicted molar refractivity (Wildman–Crippen MR) is 92.9 cm³/mol. The van der Waals surface area contributed by atoms with E-state index < -0.39 is 0 Å². The highest BCUT2D eigenvalue weighted by Gasteiger charge is 2.31. The summed E-state index contributed by atoms with van der Waals surface area (Å²) in [7, 11) is 2.06. The van der Waals surface area contributed by atoms with Crippen LogP contribution in [0.1, 0.15) is 48.6 Å². The number of aromatic nitrogens is 1. The first kappa shape index (κ1) is 15.4. The Morgan fingerprint density at radius 3 is 2.62 bits per heavy atom. The molecule has 5 nitrogen and oxygen atoms in total. The zero-order valence-corrected chi connectivity index (χ0v) is 14.0. The molecule has 1 unspecified atom stereocenters. The molecule has 2 amide bonds. The Balaban J connectivity index is 1.78. The molecule has 2 fully saturated rings. The minimum atomic E-state index is -0.227. The van der Waals surface area contributed by atoms with Crippen LogP contribution in [0.4, 0.5) is 0 Å². The Bertz CT molecular complexity index is 802. The molecule has 4 rings (SSSR count). The first-order valence-corrected chi connectivity index (χ1v) is 8.77. The minimum absolute atomic E-state index is 0.160. The molecule has 0 spiro atoms. The lowest BCUT2D eigenvalue weighted by Crippen LogP contribution is -2.39. The SMILES string of the molecule is Cn1cc(C2CCC(=O)NC2=O)c2cccc(C3CCNCC3)c21. The summed E-state index contributed by atoms with van der Waals surface area (Å²) in [5.74, 6) is 0.0192. The molecule has 1 aromatic carbocycles. The van der Waals surface area contributed by atoms with Gasteiger partial charge in [0.05, 0.1) is 11.4 Å². The van der Waals surface area contributed by atoms with Crippen molar-refractivity contribution in [1.82, 2.24) is 15.2 Å². The van der Waals surface area contributed by atoms with E-state index in [1.54, 1.807) is 0 Å². The highest BCUT2D eigenvalue weighted by Crippen LogP contribution is 2.37. The van der Waals surface area contributed by atoms with Crippen LogP contribution in [0.25, 0.3) is 10.9 Å². The van der Waals surface area contributed by atoms with Gasteiger partial charge < -0.3 is 9.88 Å². The fraction of sp³-hybridized carbons (Fsp3) is 0.474. The van der Waals surface area contributed by atoms with Gasteiger partial charge in [-0.1, -0.05) is 18.2 Å². The molecule has 0 saturated carbocycles. The molecule has 1 aromatic heterocycles. The standard InChI is InChI=1S/C19H23N3O2/c1-22-11-16(15-5-6-17(23)21-19(15)24)14-4-2-3-13(18(14)22)12-7-9-20-10-8-12/h2-4,11-12,15,20H,5-10H2,1H3,(H,21,23,24). The van der Waals surface area contributed by atoms with E-state index in [-0.39, 0.29) is 17.7 Å². The molecule has 1 atom stereocenters. The van der Waals surface area contributed by atoms with E-state index in [0.717, 1.165) is 36.9 Å². The quantitative estimate of drug-likeness (QED) is 0.832. The number of nitrogens with one attached hydrogen (secondary N) is 2. The summed E-state index contributed by atoms with van der Waals surface area (Å²) >= 11 is 0. The molecule has 2 aromatic rings. The Kier molecular flexibility index (Phi) is 3.88. The van der Waals surface area contributed by atoms with Crippen molar-refractivity contribution in [1.29, 1.82) is 0 Å². The van der Waals surface area contributed by atoms with Gasteiger partial charge in [-0.15, -0.1) is 0 Å². The third-order valence-electron chi connectivity index (χ3n) is 5.46. The van der Waals surface area contributed by atoms with Crippen molar-refractivity contribution in [3.63, 3.8) is 0 Å². The van der Waals surface area contributed by atoms with Crippen molar-refractivity contribution in [3.05, 3.63) is 35.5 Å². The minimum Gasteiger partial charge on any atom is -0.350 e. The van der Waals surface area contributed by atoms with Gasteiger partial charge in [0.15, 0.2) is 0 Å². The average Bonchev–Trinajstić information content (AvgIpc) is 2.93. The molecule has 24 heavy (non-hydrogen) atoms. The molecule has 2 aliphatic rings. The summed E-state index contributed by atoms with van der Waals surface area (Å²) in [6.07, 6.45) is 5.40. The first-order valence-electron chi connectivity index (χ1n) is 8.77. The van der Waals surface area contributed by atoms with Gasteiger partial charge >= 0.3 is 0 Å². The normalized spacial score (nSPS) is 22.8. The van der Waals surface area contributed by atoms with Crippen LogP contribution in [-0.2, 0) is 16.6 Å². The first-order chi connectivity index (χ1) is 11.6. The molecule has 0 bridgehead atoms. The van der Waals surface area contributed by atoms with Gasteiger partial charge in [-0.05, 0) is 49.4 Å². The highest BCUT2D eigenvalue weighted by atomic mass is 16.2. The molecule has 0 aliphatic carbocycles. The number of aryl methyl sites for hydroxylation is 1. The van der Waals surface area contributed by atoms with E-state index in [2.05, 4.69) is 46.6 Å². The summed E-state index contributed by atoms with van der Waals surface area (Å²) in [5, 5.41) is 7.06. The Morgan fingerprint density at radius 2 is 1.88 bits per heavy atom. The number of carbonyl (C=O) groups excluding carboxylic acids is 2. The molecule has 126 valence electrons. The number of benzene rings is 1. The number of para-hydroxylation sites is 1. The molecule has 2 saturated heterocycles. The van der Waals surface area contributed by atoms with Crippen molar-refractivity contribution in [2.24, 2.45) is 7.05 Å². The van der Waals surface area contributed by atoms with E-state index in [1.165, 1.54) is 11.1 Å². The molecular formula is C19H23N3O2. The average molecular weight is 325 g/mol. The van der Waals surface area contributed by atoms with E-state index >= 15 is 0 Å². The predicted octanol–water partition coefficient (Wildman–Crippen LogP) is 2.17. The Labute approximate surface area is 141 Å². The molecule has 2 N–H and O–H groups in total.